The maximum absolute atomic E-state index is 13.0. The molecule has 2 aromatic carbocycles. The smallest absolute Gasteiger partial charge is 0.263 e. The number of carbonyl (C=O) groups is 1. The number of benzene rings is 2. The summed E-state index contributed by atoms with van der Waals surface area (Å²) < 4.78 is 42.8. The number of nitrogens with zero attached hydrogens (tertiary/aromatic N) is 1. The molecule has 3 rings (SSSR count). The molecule has 0 radical (unpaired) electrons. The standard InChI is InChI=1S/C22H27ClN2O6S/c1-5-29-19-9-7-15(11-20(19)30-6-2)14(3)24-22(26)21-13-25(32(4,27)28)17-12-16(23)8-10-18(17)31-21/h7-12,14,21H,5-6,13H2,1-4H3,(H,24,26)/t14-,21+/m1/s1. The van der Waals surface area contributed by atoms with E-state index in [4.69, 9.17) is 25.8 Å². The molecule has 0 spiro atoms. The van der Waals surface area contributed by atoms with Gasteiger partial charge in [-0.05, 0) is 56.7 Å². The van der Waals surface area contributed by atoms with Crippen LogP contribution < -0.4 is 23.8 Å². The third-order valence-corrected chi connectivity index (χ3v) is 6.29. The minimum absolute atomic E-state index is 0.155. The molecular weight excluding hydrogens is 456 g/mol. The van der Waals surface area contributed by atoms with Crippen LogP contribution in [-0.4, -0.2) is 46.4 Å². The van der Waals surface area contributed by atoms with Crippen LogP contribution in [0.2, 0.25) is 5.02 Å². The molecule has 1 aliphatic rings. The van der Waals surface area contributed by atoms with Gasteiger partial charge >= 0.3 is 0 Å². The van der Waals surface area contributed by atoms with Gasteiger partial charge in [0.15, 0.2) is 17.6 Å². The second-order valence-corrected chi connectivity index (χ2v) is 9.66. The van der Waals surface area contributed by atoms with Crippen molar-refractivity contribution in [2.75, 3.05) is 30.3 Å². The van der Waals surface area contributed by atoms with Crippen molar-refractivity contribution < 1.29 is 27.4 Å². The Labute approximate surface area is 193 Å². The zero-order chi connectivity index (χ0) is 23.5. The number of nitrogens with one attached hydrogen (secondary N) is 1. The normalized spacial score (nSPS) is 16.5. The number of sulfonamides is 1. The molecule has 0 fully saturated rings. The van der Waals surface area contributed by atoms with E-state index in [1.54, 1.807) is 18.2 Å². The van der Waals surface area contributed by atoms with E-state index in [0.29, 0.717) is 35.4 Å². The van der Waals surface area contributed by atoms with Gasteiger partial charge in [-0.1, -0.05) is 17.7 Å². The Kier molecular flexibility index (Phi) is 7.40. The highest BCUT2D eigenvalue weighted by Gasteiger charge is 2.35. The first-order valence-corrected chi connectivity index (χ1v) is 12.5. The number of hydrogen-bond acceptors (Lipinski definition) is 6. The number of amides is 1. The van der Waals surface area contributed by atoms with Crippen molar-refractivity contribution in [3.8, 4) is 17.2 Å². The summed E-state index contributed by atoms with van der Waals surface area (Å²) in [5.74, 6) is 1.07. The number of hydrogen-bond donors (Lipinski definition) is 1. The molecule has 1 amide bonds. The fourth-order valence-electron chi connectivity index (χ4n) is 3.40. The van der Waals surface area contributed by atoms with Gasteiger partial charge < -0.3 is 19.5 Å². The second-order valence-electron chi connectivity index (χ2n) is 7.32. The molecule has 32 heavy (non-hydrogen) atoms. The Morgan fingerprint density at radius 2 is 1.88 bits per heavy atom. The lowest BCUT2D eigenvalue weighted by Gasteiger charge is -2.34. The van der Waals surface area contributed by atoms with Crippen molar-refractivity contribution in [2.45, 2.75) is 32.9 Å². The fourth-order valence-corrected chi connectivity index (χ4v) is 4.47. The van der Waals surface area contributed by atoms with Crippen LogP contribution >= 0.6 is 11.6 Å². The number of anilines is 1. The average Bonchev–Trinajstić information content (AvgIpc) is 2.73. The molecule has 0 saturated heterocycles. The second kappa shape index (κ2) is 9.87. The molecule has 174 valence electrons. The highest BCUT2D eigenvalue weighted by atomic mass is 35.5. The molecular formula is C22H27ClN2O6S. The van der Waals surface area contributed by atoms with Gasteiger partial charge in [-0.2, -0.15) is 0 Å². The van der Waals surface area contributed by atoms with E-state index < -0.39 is 22.0 Å². The maximum Gasteiger partial charge on any atom is 0.263 e. The van der Waals surface area contributed by atoms with Crippen molar-refractivity contribution in [3.63, 3.8) is 0 Å². The molecule has 0 saturated carbocycles. The first-order chi connectivity index (χ1) is 15.1. The van der Waals surface area contributed by atoms with Crippen molar-refractivity contribution in [2.24, 2.45) is 0 Å². The number of fused-ring (bicyclic) bond motifs is 1. The number of carbonyl (C=O) groups excluding carboxylic acids is 1. The van der Waals surface area contributed by atoms with Crippen LogP contribution in [0.1, 0.15) is 32.4 Å². The summed E-state index contributed by atoms with van der Waals surface area (Å²) in [5, 5.41) is 3.27. The van der Waals surface area contributed by atoms with Crippen LogP contribution in [0.15, 0.2) is 36.4 Å². The molecule has 1 heterocycles. The predicted molar refractivity (Wildman–Crippen MR) is 123 cm³/mol. The topological polar surface area (TPSA) is 94.2 Å². The highest BCUT2D eigenvalue weighted by Crippen LogP contribution is 2.37. The molecule has 2 aromatic rings. The van der Waals surface area contributed by atoms with E-state index in [9.17, 15) is 13.2 Å². The van der Waals surface area contributed by atoms with Crippen molar-refractivity contribution in [1.29, 1.82) is 0 Å². The van der Waals surface area contributed by atoms with Gasteiger partial charge in [0.25, 0.3) is 5.91 Å². The highest BCUT2D eigenvalue weighted by molar-refractivity contribution is 7.92. The average molecular weight is 483 g/mol. The Morgan fingerprint density at radius 1 is 1.19 bits per heavy atom. The lowest BCUT2D eigenvalue weighted by molar-refractivity contribution is -0.128. The largest absolute Gasteiger partial charge is 0.490 e. The Hall–Kier alpha value is -2.65. The van der Waals surface area contributed by atoms with Crippen LogP contribution in [0.5, 0.6) is 17.2 Å². The van der Waals surface area contributed by atoms with Gasteiger partial charge in [0, 0.05) is 5.02 Å². The number of ether oxygens (including phenoxy) is 3. The summed E-state index contributed by atoms with van der Waals surface area (Å²) in [4.78, 5) is 13.0. The van der Waals surface area contributed by atoms with E-state index in [-0.39, 0.29) is 18.3 Å². The van der Waals surface area contributed by atoms with Crippen molar-refractivity contribution >= 4 is 33.2 Å². The van der Waals surface area contributed by atoms with Gasteiger partial charge in [0.1, 0.15) is 5.75 Å². The molecule has 0 unspecified atom stereocenters. The quantitative estimate of drug-likeness (QED) is 0.618. The summed E-state index contributed by atoms with van der Waals surface area (Å²) in [7, 11) is -3.64. The van der Waals surface area contributed by atoms with Crippen LogP contribution in [0.25, 0.3) is 0 Å². The van der Waals surface area contributed by atoms with Gasteiger partial charge in [-0.15, -0.1) is 0 Å². The summed E-state index contributed by atoms with van der Waals surface area (Å²) in [6.45, 7) is 6.43. The van der Waals surface area contributed by atoms with E-state index >= 15 is 0 Å². The van der Waals surface area contributed by atoms with E-state index in [1.807, 2.05) is 32.9 Å². The van der Waals surface area contributed by atoms with Gasteiger partial charge in [-0.25, -0.2) is 8.42 Å². The monoisotopic (exact) mass is 482 g/mol. The van der Waals surface area contributed by atoms with Crippen LogP contribution in [-0.2, 0) is 14.8 Å². The summed E-state index contributed by atoms with van der Waals surface area (Å²) in [5.41, 5.74) is 1.12. The van der Waals surface area contributed by atoms with Crippen molar-refractivity contribution in [1.82, 2.24) is 5.32 Å². The summed E-state index contributed by atoms with van der Waals surface area (Å²) >= 11 is 6.02. The Morgan fingerprint density at radius 3 is 2.53 bits per heavy atom. The summed E-state index contributed by atoms with van der Waals surface area (Å²) in [6.07, 6.45) is 0.0605. The predicted octanol–water partition coefficient (Wildman–Crippen LogP) is 3.54. The Balaban J connectivity index is 1.79. The SMILES string of the molecule is CCOc1ccc([C@@H](C)NC(=O)[C@@H]2CN(S(C)(=O)=O)c3cc(Cl)ccc3O2)cc1OCC. The van der Waals surface area contributed by atoms with Gasteiger partial charge in [0.05, 0.1) is 37.7 Å². The Bertz CT molecular complexity index is 1090. The number of halogens is 1. The minimum Gasteiger partial charge on any atom is -0.490 e. The first-order valence-electron chi connectivity index (χ1n) is 10.3. The number of rotatable bonds is 8. The van der Waals surface area contributed by atoms with E-state index in [2.05, 4.69) is 5.32 Å². The third-order valence-electron chi connectivity index (χ3n) is 4.91. The third kappa shape index (κ3) is 5.39. The lowest BCUT2D eigenvalue weighted by atomic mass is 10.1. The van der Waals surface area contributed by atoms with Crippen LogP contribution in [0, 0.1) is 0 Å². The molecule has 10 heteroatoms. The van der Waals surface area contributed by atoms with Crippen LogP contribution in [0.4, 0.5) is 5.69 Å². The van der Waals surface area contributed by atoms with Gasteiger partial charge in [-0.3, -0.25) is 9.10 Å². The molecule has 1 N–H and O–H groups in total. The molecule has 0 aromatic heterocycles. The molecule has 0 bridgehead atoms. The van der Waals surface area contributed by atoms with Gasteiger partial charge in [0.2, 0.25) is 10.0 Å². The zero-order valence-corrected chi connectivity index (χ0v) is 20.0. The van der Waals surface area contributed by atoms with E-state index in [0.717, 1.165) is 16.1 Å². The first kappa shape index (κ1) is 24.0. The molecule has 2 atom stereocenters. The molecule has 1 aliphatic heterocycles. The zero-order valence-electron chi connectivity index (χ0n) is 18.4. The maximum atomic E-state index is 13.0. The fraction of sp³-hybridized carbons (Fsp3) is 0.409. The molecule has 8 nitrogen and oxygen atoms in total. The van der Waals surface area contributed by atoms with E-state index in [1.165, 1.54) is 6.07 Å². The summed E-state index contributed by atoms with van der Waals surface area (Å²) in [6, 6.07) is 9.73. The van der Waals surface area contributed by atoms with Crippen molar-refractivity contribution in [3.05, 3.63) is 47.0 Å². The minimum atomic E-state index is -3.64. The lowest BCUT2D eigenvalue weighted by Crippen LogP contribution is -2.50. The van der Waals surface area contributed by atoms with Crippen LogP contribution in [0.3, 0.4) is 0 Å². The molecule has 0 aliphatic carbocycles.